The van der Waals surface area contributed by atoms with Gasteiger partial charge in [0.2, 0.25) is 0 Å². The summed E-state index contributed by atoms with van der Waals surface area (Å²) in [6.45, 7) is 5.43. The summed E-state index contributed by atoms with van der Waals surface area (Å²) in [4.78, 5) is 11.4. The monoisotopic (exact) mass is 223 g/mol. The van der Waals surface area contributed by atoms with Crippen LogP contribution in [0.5, 0.6) is 0 Å². The van der Waals surface area contributed by atoms with Crippen molar-refractivity contribution in [2.24, 2.45) is 0 Å². The highest BCUT2D eigenvalue weighted by Crippen LogP contribution is 2.27. The standard InChI is InChI=1S/C11H13NO2S/c1-7-3-4-9(12)10(5-7)15-6-8(2)11(13)14/h3-5H,2,6,12H2,1H3,(H,13,14). The maximum absolute atomic E-state index is 10.5. The lowest BCUT2D eigenvalue weighted by Gasteiger charge is -2.06. The number of benzene rings is 1. The van der Waals surface area contributed by atoms with Crippen molar-refractivity contribution >= 4 is 23.4 Å². The van der Waals surface area contributed by atoms with Crippen molar-refractivity contribution in [1.82, 2.24) is 0 Å². The first kappa shape index (κ1) is 11.7. The Hall–Kier alpha value is -1.42. The van der Waals surface area contributed by atoms with Crippen LogP contribution in [0.25, 0.3) is 0 Å². The molecule has 0 bridgehead atoms. The van der Waals surface area contributed by atoms with E-state index in [1.165, 1.54) is 11.8 Å². The average Bonchev–Trinajstić information content (AvgIpc) is 2.18. The van der Waals surface area contributed by atoms with E-state index in [1.807, 2.05) is 25.1 Å². The van der Waals surface area contributed by atoms with Crippen molar-refractivity contribution in [2.75, 3.05) is 11.5 Å². The van der Waals surface area contributed by atoms with Crippen molar-refractivity contribution in [2.45, 2.75) is 11.8 Å². The van der Waals surface area contributed by atoms with Crippen LogP contribution < -0.4 is 5.73 Å². The van der Waals surface area contributed by atoms with Crippen molar-refractivity contribution in [3.8, 4) is 0 Å². The topological polar surface area (TPSA) is 63.3 Å². The summed E-state index contributed by atoms with van der Waals surface area (Å²) < 4.78 is 0. The van der Waals surface area contributed by atoms with Gasteiger partial charge in [0.25, 0.3) is 0 Å². The summed E-state index contributed by atoms with van der Waals surface area (Å²) in [7, 11) is 0. The number of thioether (sulfide) groups is 1. The van der Waals surface area contributed by atoms with Crippen LogP contribution in [-0.2, 0) is 4.79 Å². The van der Waals surface area contributed by atoms with Gasteiger partial charge in [-0.25, -0.2) is 4.79 Å². The number of carbonyl (C=O) groups is 1. The first-order valence-electron chi connectivity index (χ1n) is 4.40. The van der Waals surface area contributed by atoms with E-state index in [1.54, 1.807) is 0 Å². The molecular formula is C11H13NO2S. The minimum Gasteiger partial charge on any atom is -0.478 e. The fourth-order valence-electron chi connectivity index (χ4n) is 0.993. The van der Waals surface area contributed by atoms with E-state index in [9.17, 15) is 4.79 Å². The molecule has 80 valence electrons. The number of carboxylic acids is 1. The predicted molar refractivity (Wildman–Crippen MR) is 63.1 cm³/mol. The molecule has 15 heavy (non-hydrogen) atoms. The molecule has 0 aromatic heterocycles. The molecule has 0 fully saturated rings. The molecule has 1 aromatic carbocycles. The van der Waals surface area contributed by atoms with Crippen LogP contribution in [0.15, 0.2) is 35.2 Å². The maximum Gasteiger partial charge on any atom is 0.331 e. The predicted octanol–water partition coefficient (Wildman–Crippen LogP) is 2.31. The second-order valence-electron chi connectivity index (χ2n) is 3.24. The number of rotatable bonds is 4. The Labute approximate surface area is 93.0 Å². The molecule has 0 saturated carbocycles. The molecule has 0 radical (unpaired) electrons. The molecule has 3 N–H and O–H groups in total. The molecule has 0 atom stereocenters. The summed E-state index contributed by atoms with van der Waals surface area (Å²) in [5.74, 6) is -0.614. The molecule has 1 aromatic rings. The molecule has 4 heteroatoms. The highest BCUT2D eigenvalue weighted by Gasteiger charge is 2.06. The zero-order chi connectivity index (χ0) is 11.4. The second kappa shape index (κ2) is 4.89. The molecule has 0 heterocycles. The molecule has 0 aliphatic carbocycles. The first-order valence-corrected chi connectivity index (χ1v) is 5.39. The SMILES string of the molecule is C=C(CSc1cc(C)ccc1N)C(=O)O. The summed E-state index contributed by atoms with van der Waals surface area (Å²) in [6, 6.07) is 5.68. The van der Waals surface area contributed by atoms with Gasteiger partial charge in [0.05, 0.1) is 0 Å². The highest BCUT2D eigenvalue weighted by atomic mass is 32.2. The molecule has 3 nitrogen and oxygen atoms in total. The van der Waals surface area contributed by atoms with Crippen LogP contribution in [-0.4, -0.2) is 16.8 Å². The molecule has 0 spiro atoms. The number of hydrogen-bond donors (Lipinski definition) is 2. The van der Waals surface area contributed by atoms with Gasteiger partial charge in [-0.2, -0.15) is 0 Å². The van der Waals surface area contributed by atoms with Crippen LogP contribution in [0, 0.1) is 6.92 Å². The Morgan fingerprint density at radius 3 is 2.87 bits per heavy atom. The Morgan fingerprint density at radius 2 is 2.27 bits per heavy atom. The Balaban J connectivity index is 2.69. The van der Waals surface area contributed by atoms with Crippen LogP contribution in [0.2, 0.25) is 0 Å². The minimum atomic E-state index is -0.964. The van der Waals surface area contributed by atoms with E-state index in [0.717, 1.165) is 10.5 Å². The van der Waals surface area contributed by atoms with Crippen LogP contribution in [0.3, 0.4) is 0 Å². The average molecular weight is 223 g/mol. The normalized spacial score (nSPS) is 9.93. The van der Waals surface area contributed by atoms with Crippen molar-refractivity contribution in [3.63, 3.8) is 0 Å². The minimum absolute atomic E-state index is 0.181. The number of hydrogen-bond acceptors (Lipinski definition) is 3. The lowest BCUT2D eigenvalue weighted by molar-refractivity contribution is -0.132. The van der Waals surface area contributed by atoms with E-state index in [2.05, 4.69) is 6.58 Å². The number of aliphatic carboxylic acids is 1. The molecule has 0 aliphatic heterocycles. The van der Waals surface area contributed by atoms with Crippen molar-refractivity contribution in [1.29, 1.82) is 0 Å². The van der Waals surface area contributed by atoms with Crippen molar-refractivity contribution in [3.05, 3.63) is 35.9 Å². The number of anilines is 1. The molecule has 1 rings (SSSR count). The van der Waals surface area contributed by atoms with Crippen LogP contribution >= 0.6 is 11.8 Å². The lowest BCUT2D eigenvalue weighted by atomic mass is 10.2. The number of nitrogen functional groups attached to an aromatic ring is 1. The van der Waals surface area contributed by atoms with Gasteiger partial charge in [0, 0.05) is 21.9 Å². The third-order valence-corrected chi connectivity index (χ3v) is 3.03. The zero-order valence-corrected chi connectivity index (χ0v) is 9.30. The van der Waals surface area contributed by atoms with Gasteiger partial charge in [-0.1, -0.05) is 12.6 Å². The van der Waals surface area contributed by atoms with Crippen molar-refractivity contribution < 1.29 is 9.90 Å². The Morgan fingerprint density at radius 1 is 1.60 bits per heavy atom. The van der Waals surface area contributed by atoms with E-state index in [4.69, 9.17) is 10.8 Å². The Kier molecular flexibility index (Phi) is 3.80. The van der Waals surface area contributed by atoms with Gasteiger partial charge in [-0.15, -0.1) is 11.8 Å². The maximum atomic E-state index is 10.5. The number of nitrogens with two attached hydrogens (primary N) is 1. The van der Waals surface area contributed by atoms with Gasteiger partial charge in [-0.05, 0) is 24.6 Å². The van der Waals surface area contributed by atoms with Gasteiger partial charge in [0.1, 0.15) is 0 Å². The number of carboxylic acid groups (broad SMARTS) is 1. The molecular weight excluding hydrogens is 210 g/mol. The van der Waals surface area contributed by atoms with Crippen LogP contribution in [0.4, 0.5) is 5.69 Å². The Bertz CT molecular complexity index is 402. The molecule has 0 unspecified atom stereocenters. The summed E-state index contributed by atoms with van der Waals surface area (Å²) in [6.07, 6.45) is 0. The quantitative estimate of drug-likeness (QED) is 0.467. The number of aryl methyl sites for hydroxylation is 1. The molecule has 0 aliphatic rings. The zero-order valence-electron chi connectivity index (χ0n) is 8.49. The molecule has 0 amide bonds. The highest BCUT2D eigenvalue weighted by molar-refractivity contribution is 7.99. The van der Waals surface area contributed by atoms with Gasteiger partial charge in [-0.3, -0.25) is 0 Å². The van der Waals surface area contributed by atoms with Gasteiger partial charge >= 0.3 is 5.97 Å². The fraction of sp³-hybridized carbons (Fsp3) is 0.182. The second-order valence-corrected chi connectivity index (χ2v) is 4.26. The largest absolute Gasteiger partial charge is 0.478 e. The molecule has 0 saturated heterocycles. The summed E-state index contributed by atoms with van der Waals surface area (Å²) >= 11 is 1.39. The van der Waals surface area contributed by atoms with Crippen LogP contribution in [0.1, 0.15) is 5.56 Å². The summed E-state index contributed by atoms with van der Waals surface area (Å²) in [5.41, 5.74) is 7.71. The van der Waals surface area contributed by atoms with E-state index >= 15 is 0 Å². The smallest absolute Gasteiger partial charge is 0.331 e. The lowest BCUT2D eigenvalue weighted by Crippen LogP contribution is -2.01. The van der Waals surface area contributed by atoms with Gasteiger partial charge in [0.15, 0.2) is 0 Å². The third-order valence-electron chi connectivity index (χ3n) is 1.87. The third kappa shape index (κ3) is 3.32. The first-order chi connectivity index (χ1) is 7.00. The fourth-order valence-corrected chi connectivity index (χ4v) is 1.95. The summed E-state index contributed by atoms with van der Waals surface area (Å²) in [5, 5.41) is 8.64. The van der Waals surface area contributed by atoms with Gasteiger partial charge < -0.3 is 10.8 Å². The van der Waals surface area contributed by atoms with E-state index in [-0.39, 0.29) is 5.57 Å². The van der Waals surface area contributed by atoms with E-state index < -0.39 is 5.97 Å². The van der Waals surface area contributed by atoms with E-state index in [0.29, 0.717) is 11.4 Å².